The summed E-state index contributed by atoms with van der Waals surface area (Å²) in [5, 5.41) is 4.41. The topological polar surface area (TPSA) is 12.0 Å². The van der Waals surface area contributed by atoms with Crippen LogP contribution in [0.3, 0.4) is 0 Å². The first-order valence-corrected chi connectivity index (χ1v) is 8.37. The van der Waals surface area contributed by atoms with Crippen LogP contribution in [0.25, 0.3) is 0 Å². The maximum absolute atomic E-state index is 6.16. The van der Waals surface area contributed by atoms with Crippen molar-refractivity contribution in [3.05, 3.63) is 67.6 Å². The zero-order chi connectivity index (χ0) is 15.6. The molecule has 0 saturated heterocycles. The van der Waals surface area contributed by atoms with Crippen molar-refractivity contribution in [2.45, 2.75) is 33.7 Å². The van der Waals surface area contributed by atoms with Gasteiger partial charge in [0.2, 0.25) is 0 Å². The zero-order valence-electron chi connectivity index (χ0n) is 12.9. The Morgan fingerprint density at radius 3 is 2.38 bits per heavy atom. The maximum atomic E-state index is 6.16. The number of rotatable bonds is 4. The van der Waals surface area contributed by atoms with Gasteiger partial charge in [0.1, 0.15) is 0 Å². The van der Waals surface area contributed by atoms with E-state index in [1.165, 1.54) is 22.3 Å². The van der Waals surface area contributed by atoms with Crippen LogP contribution in [-0.2, 0) is 0 Å². The second-order valence-corrected chi connectivity index (χ2v) is 6.72. The van der Waals surface area contributed by atoms with E-state index in [-0.39, 0.29) is 6.04 Å². The molecule has 112 valence electrons. The van der Waals surface area contributed by atoms with Crippen molar-refractivity contribution < 1.29 is 0 Å². The highest BCUT2D eigenvalue weighted by Gasteiger charge is 2.17. The standard InChI is InChI=1S/C18H21BrClN/c1-5-21-18(14-6-7-17(20)13(4)8-14)15-9-12(3)16(19)10-11(15)2/h6-10,18,21H,5H2,1-4H3. The molecule has 2 rings (SSSR count). The maximum Gasteiger partial charge on any atom is 0.0579 e. The van der Waals surface area contributed by atoms with Gasteiger partial charge < -0.3 is 5.32 Å². The molecule has 0 fully saturated rings. The quantitative estimate of drug-likeness (QED) is 0.729. The third kappa shape index (κ3) is 3.68. The summed E-state index contributed by atoms with van der Waals surface area (Å²) in [7, 11) is 0. The SMILES string of the molecule is CCNC(c1ccc(Cl)c(C)c1)c1cc(C)c(Br)cc1C. The van der Waals surface area contributed by atoms with Crippen LogP contribution in [0.5, 0.6) is 0 Å². The third-order valence-corrected chi connectivity index (χ3v) is 5.06. The van der Waals surface area contributed by atoms with Crippen LogP contribution in [0.15, 0.2) is 34.8 Å². The van der Waals surface area contributed by atoms with Gasteiger partial charge in [-0.15, -0.1) is 0 Å². The zero-order valence-corrected chi connectivity index (χ0v) is 15.3. The van der Waals surface area contributed by atoms with Crippen LogP contribution < -0.4 is 5.32 Å². The first-order valence-electron chi connectivity index (χ1n) is 7.20. The van der Waals surface area contributed by atoms with Gasteiger partial charge in [0.25, 0.3) is 0 Å². The lowest BCUT2D eigenvalue weighted by Gasteiger charge is -2.22. The molecule has 0 spiro atoms. The normalized spacial score (nSPS) is 12.5. The molecule has 3 heteroatoms. The second-order valence-electron chi connectivity index (χ2n) is 5.46. The number of halogens is 2. The van der Waals surface area contributed by atoms with Crippen molar-refractivity contribution in [3.8, 4) is 0 Å². The summed E-state index contributed by atoms with van der Waals surface area (Å²) < 4.78 is 1.16. The molecule has 0 saturated carbocycles. The van der Waals surface area contributed by atoms with Gasteiger partial charge in [-0.1, -0.05) is 52.7 Å². The summed E-state index contributed by atoms with van der Waals surface area (Å²) in [5.41, 5.74) is 6.22. The van der Waals surface area contributed by atoms with Crippen LogP contribution in [0.2, 0.25) is 5.02 Å². The predicted octanol–water partition coefficient (Wildman–Crippen LogP) is 5.73. The molecule has 2 aromatic rings. The molecule has 1 N–H and O–H groups in total. The molecule has 0 bridgehead atoms. The van der Waals surface area contributed by atoms with E-state index in [1.54, 1.807) is 0 Å². The van der Waals surface area contributed by atoms with Crippen LogP contribution in [0, 0.1) is 20.8 Å². The van der Waals surface area contributed by atoms with E-state index >= 15 is 0 Å². The summed E-state index contributed by atoms with van der Waals surface area (Å²) in [6.07, 6.45) is 0. The van der Waals surface area contributed by atoms with Crippen molar-refractivity contribution >= 4 is 27.5 Å². The molecule has 0 heterocycles. The largest absolute Gasteiger partial charge is 0.307 e. The van der Waals surface area contributed by atoms with E-state index in [0.717, 1.165) is 21.6 Å². The molecule has 0 aliphatic heterocycles. The van der Waals surface area contributed by atoms with Gasteiger partial charge in [-0.3, -0.25) is 0 Å². The van der Waals surface area contributed by atoms with Gasteiger partial charge in [0, 0.05) is 9.50 Å². The Morgan fingerprint density at radius 1 is 1.05 bits per heavy atom. The summed E-state index contributed by atoms with van der Waals surface area (Å²) in [4.78, 5) is 0. The molecule has 2 aromatic carbocycles. The van der Waals surface area contributed by atoms with Crippen molar-refractivity contribution in [1.82, 2.24) is 5.32 Å². The van der Waals surface area contributed by atoms with Gasteiger partial charge >= 0.3 is 0 Å². The van der Waals surface area contributed by atoms with Gasteiger partial charge in [0.05, 0.1) is 6.04 Å². The van der Waals surface area contributed by atoms with Crippen molar-refractivity contribution in [2.75, 3.05) is 6.54 Å². The molecule has 1 unspecified atom stereocenters. The molecule has 1 nitrogen and oxygen atoms in total. The number of aryl methyl sites for hydroxylation is 3. The molecule has 0 aromatic heterocycles. The highest BCUT2D eigenvalue weighted by atomic mass is 79.9. The molecule has 0 aliphatic rings. The number of hydrogen-bond acceptors (Lipinski definition) is 1. The van der Waals surface area contributed by atoms with Crippen LogP contribution >= 0.6 is 27.5 Å². The molecule has 0 aliphatic carbocycles. The Hall–Kier alpha value is -0.830. The minimum atomic E-state index is 0.192. The number of nitrogens with one attached hydrogen (secondary N) is 1. The number of hydrogen-bond donors (Lipinski definition) is 1. The lowest BCUT2D eigenvalue weighted by Crippen LogP contribution is -2.23. The second kappa shape index (κ2) is 6.95. The molecule has 1 atom stereocenters. The fourth-order valence-corrected chi connectivity index (χ4v) is 3.15. The van der Waals surface area contributed by atoms with Gasteiger partial charge in [-0.25, -0.2) is 0 Å². The van der Waals surface area contributed by atoms with Crippen LogP contribution in [0.1, 0.15) is 40.8 Å². The summed E-state index contributed by atoms with van der Waals surface area (Å²) >= 11 is 9.77. The van der Waals surface area contributed by atoms with Gasteiger partial charge in [-0.2, -0.15) is 0 Å². The average Bonchev–Trinajstić information content (AvgIpc) is 2.44. The number of benzene rings is 2. The Bertz CT molecular complexity index is 652. The minimum Gasteiger partial charge on any atom is -0.307 e. The molecule has 0 radical (unpaired) electrons. The monoisotopic (exact) mass is 365 g/mol. The van der Waals surface area contributed by atoms with Crippen molar-refractivity contribution in [1.29, 1.82) is 0 Å². The summed E-state index contributed by atoms with van der Waals surface area (Å²) in [6.45, 7) is 9.39. The summed E-state index contributed by atoms with van der Waals surface area (Å²) in [5.74, 6) is 0. The Morgan fingerprint density at radius 2 is 1.76 bits per heavy atom. The Kier molecular flexibility index (Phi) is 5.48. The van der Waals surface area contributed by atoms with E-state index in [2.05, 4.69) is 73.2 Å². The molecular formula is C18H21BrClN. The molecule has 0 amide bonds. The lowest BCUT2D eigenvalue weighted by molar-refractivity contribution is 0.627. The van der Waals surface area contributed by atoms with Crippen molar-refractivity contribution in [3.63, 3.8) is 0 Å². The predicted molar refractivity (Wildman–Crippen MR) is 95.3 cm³/mol. The molecular weight excluding hydrogens is 346 g/mol. The minimum absolute atomic E-state index is 0.192. The van der Waals surface area contributed by atoms with Crippen LogP contribution in [-0.4, -0.2) is 6.54 Å². The van der Waals surface area contributed by atoms with E-state index in [9.17, 15) is 0 Å². The summed E-state index contributed by atoms with van der Waals surface area (Å²) in [6, 6.07) is 10.9. The smallest absolute Gasteiger partial charge is 0.0579 e. The van der Waals surface area contributed by atoms with Crippen LogP contribution in [0.4, 0.5) is 0 Å². The van der Waals surface area contributed by atoms with E-state index < -0.39 is 0 Å². The Balaban J connectivity index is 2.52. The third-order valence-electron chi connectivity index (χ3n) is 3.78. The van der Waals surface area contributed by atoms with E-state index in [0.29, 0.717) is 0 Å². The van der Waals surface area contributed by atoms with E-state index in [1.807, 2.05) is 6.07 Å². The fraction of sp³-hybridized carbons (Fsp3) is 0.333. The average molecular weight is 367 g/mol. The highest BCUT2D eigenvalue weighted by Crippen LogP contribution is 2.31. The molecule has 21 heavy (non-hydrogen) atoms. The first-order chi connectivity index (χ1) is 9.93. The van der Waals surface area contributed by atoms with E-state index in [4.69, 9.17) is 11.6 Å². The van der Waals surface area contributed by atoms with Gasteiger partial charge in [-0.05, 0) is 67.3 Å². The first kappa shape index (κ1) is 16.5. The van der Waals surface area contributed by atoms with Gasteiger partial charge in [0.15, 0.2) is 0 Å². The fourth-order valence-electron chi connectivity index (χ4n) is 2.57. The Labute approximate surface area is 140 Å². The highest BCUT2D eigenvalue weighted by molar-refractivity contribution is 9.10. The lowest BCUT2D eigenvalue weighted by atomic mass is 9.92. The van der Waals surface area contributed by atoms with Crippen molar-refractivity contribution in [2.24, 2.45) is 0 Å².